The molecule has 19 heavy (non-hydrogen) atoms. The summed E-state index contributed by atoms with van der Waals surface area (Å²) in [7, 11) is 0. The number of carboxylic acids is 1. The summed E-state index contributed by atoms with van der Waals surface area (Å²) in [6.07, 6.45) is 8.43. The van der Waals surface area contributed by atoms with Crippen LogP contribution in [0.1, 0.15) is 36.8 Å². The number of carboxylic acid groups (broad SMARTS) is 1. The Morgan fingerprint density at radius 2 is 2.16 bits per heavy atom. The monoisotopic (exact) mass is 276 g/mol. The van der Waals surface area contributed by atoms with Gasteiger partial charge in [-0.05, 0) is 41.7 Å². The van der Waals surface area contributed by atoms with Crippen molar-refractivity contribution in [2.45, 2.75) is 31.4 Å². The van der Waals surface area contributed by atoms with E-state index in [1.54, 1.807) is 6.08 Å². The predicted molar refractivity (Wildman–Crippen MR) is 81.2 cm³/mol. The highest BCUT2D eigenvalue weighted by molar-refractivity contribution is 7.98. The first-order valence-electron chi connectivity index (χ1n) is 6.82. The fraction of sp³-hybridized carbons (Fsp3) is 0.438. The zero-order valence-corrected chi connectivity index (χ0v) is 11.9. The van der Waals surface area contributed by atoms with Gasteiger partial charge in [0.05, 0.1) is 0 Å². The number of thioether (sulfide) groups is 1. The van der Waals surface area contributed by atoms with Crippen molar-refractivity contribution in [2.75, 3.05) is 5.75 Å². The van der Waals surface area contributed by atoms with Crippen LogP contribution in [-0.2, 0) is 10.5 Å². The average molecular weight is 276 g/mol. The SMILES string of the molecule is O=C(O)/C=C/c1cccc(CSCC2CCCC2)c1. The van der Waals surface area contributed by atoms with Crippen molar-refractivity contribution in [1.29, 1.82) is 0 Å². The molecular weight excluding hydrogens is 256 g/mol. The van der Waals surface area contributed by atoms with Gasteiger partial charge in [-0.15, -0.1) is 0 Å². The highest BCUT2D eigenvalue weighted by Crippen LogP contribution is 2.29. The minimum absolute atomic E-state index is 0.902. The lowest BCUT2D eigenvalue weighted by molar-refractivity contribution is -0.131. The van der Waals surface area contributed by atoms with Gasteiger partial charge in [-0.2, -0.15) is 11.8 Å². The predicted octanol–water partition coefficient (Wildman–Crippen LogP) is 4.21. The molecule has 1 N–H and O–H groups in total. The third-order valence-electron chi connectivity index (χ3n) is 3.47. The number of benzene rings is 1. The van der Waals surface area contributed by atoms with Gasteiger partial charge in [-0.1, -0.05) is 37.1 Å². The van der Waals surface area contributed by atoms with Gasteiger partial charge in [-0.3, -0.25) is 0 Å². The zero-order chi connectivity index (χ0) is 13.5. The van der Waals surface area contributed by atoms with E-state index in [1.807, 2.05) is 23.9 Å². The van der Waals surface area contributed by atoms with Crippen LogP contribution in [0, 0.1) is 5.92 Å². The first-order chi connectivity index (χ1) is 9.24. The Kier molecular flexibility index (Phi) is 5.52. The Morgan fingerprint density at radius 3 is 2.89 bits per heavy atom. The second-order valence-electron chi connectivity index (χ2n) is 5.08. The summed E-state index contributed by atoms with van der Waals surface area (Å²) in [5.41, 5.74) is 2.23. The molecule has 0 spiro atoms. The minimum Gasteiger partial charge on any atom is -0.478 e. The van der Waals surface area contributed by atoms with E-state index in [2.05, 4.69) is 12.1 Å². The molecule has 0 amide bonds. The Bertz CT molecular complexity index is 448. The van der Waals surface area contributed by atoms with Crippen molar-refractivity contribution in [1.82, 2.24) is 0 Å². The van der Waals surface area contributed by atoms with Crippen molar-refractivity contribution in [3.63, 3.8) is 0 Å². The van der Waals surface area contributed by atoms with Gasteiger partial charge in [0, 0.05) is 11.8 Å². The first-order valence-corrected chi connectivity index (χ1v) is 7.97. The molecule has 1 fully saturated rings. The van der Waals surface area contributed by atoms with Crippen LogP contribution in [0.5, 0.6) is 0 Å². The molecule has 0 bridgehead atoms. The molecule has 0 radical (unpaired) electrons. The van der Waals surface area contributed by atoms with E-state index in [4.69, 9.17) is 5.11 Å². The fourth-order valence-electron chi connectivity index (χ4n) is 2.47. The van der Waals surface area contributed by atoms with Crippen LogP contribution in [-0.4, -0.2) is 16.8 Å². The van der Waals surface area contributed by atoms with Gasteiger partial charge < -0.3 is 5.11 Å². The number of aliphatic carboxylic acids is 1. The number of hydrogen-bond acceptors (Lipinski definition) is 2. The quantitative estimate of drug-likeness (QED) is 0.791. The second kappa shape index (κ2) is 7.39. The van der Waals surface area contributed by atoms with Gasteiger partial charge >= 0.3 is 5.97 Å². The highest BCUT2D eigenvalue weighted by atomic mass is 32.2. The van der Waals surface area contributed by atoms with Crippen LogP contribution in [0.3, 0.4) is 0 Å². The lowest BCUT2D eigenvalue weighted by Crippen LogP contribution is -1.97. The number of carbonyl (C=O) groups is 1. The molecule has 1 aromatic rings. The van der Waals surface area contributed by atoms with Gasteiger partial charge in [0.2, 0.25) is 0 Å². The molecular formula is C16H20O2S. The molecule has 1 aliphatic rings. The maximum absolute atomic E-state index is 10.5. The van der Waals surface area contributed by atoms with Crippen LogP contribution in [0.4, 0.5) is 0 Å². The molecule has 2 nitrogen and oxygen atoms in total. The fourth-order valence-corrected chi connectivity index (χ4v) is 3.67. The topological polar surface area (TPSA) is 37.3 Å². The number of hydrogen-bond donors (Lipinski definition) is 1. The van der Waals surface area contributed by atoms with E-state index >= 15 is 0 Å². The molecule has 0 unspecified atom stereocenters. The second-order valence-corrected chi connectivity index (χ2v) is 6.11. The molecule has 1 saturated carbocycles. The first kappa shape index (κ1) is 14.2. The van der Waals surface area contributed by atoms with Crippen LogP contribution in [0.2, 0.25) is 0 Å². The molecule has 0 heterocycles. The highest BCUT2D eigenvalue weighted by Gasteiger charge is 2.14. The van der Waals surface area contributed by atoms with Crippen molar-refractivity contribution in [2.24, 2.45) is 5.92 Å². The van der Waals surface area contributed by atoms with Crippen molar-refractivity contribution in [3.8, 4) is 0 Å². The van der Waals surface area contributed by atoms with Crippen molar-refractivity contribution in [3.05, 3.63) is 41.5 Å². The molecule has 1 aromatic carbocycles. The summed E-state index contributed by atoms with van der Waals surface area (Å²) in [4.78, 5) is 10.5. The van der Waals surface area contributed by atoms with Crippen LogP contribution < -0.4 is 0 Å². The molecule has 0 aliphatic heterocycles. The maximum atomic E-state index is 10.5. The Hall–Kier alpha value is -1.22. The van der Waals surface area contributed by atoms with E-state index in [1.165, 1.54) is 43.1 Å². The molecule has 0 aromatic heterocycles. The average Bonchev–Trinajstić information content (AvgIpc) is 2.90. The molecule has 1 aliphatic carbocycles. The zero-order valence-electron chi connectivity index (χ0n) is 11.0. The third kappa shape index (κ3) is 5.11. The Morgan fingerprint density at radius 1 is 1.37 bits per heavy atom. The normalized spacial score (nSPS) is 16.2. The van der Waals surface area contributed by atoms with Gasteiger partial charge in [0.15, 0.2) is 0 Å². The van der Waals surface area contributed by atoms with Gasteiger partial charge in [0.25, 0.3) is 0 Å². The molecule has 0 saturated heterocycles. The smallest absolute Gasteiger partial charge is 0.328 e. The van der Waals surface area contributed by atoms with Crippen LogP contribution in [0.25, 0.3) is 6.08 Å². The van der Waals surface area contributed by atoms with E-state index in [-0.39, 0.29) is 0 Å². The minimum atomic E-state index is -0.902. The lowest BCUT2D eigenvalue weighted by atomic mass is 10.1. The summed E-state index contributed by atoms with van der Waals surface area (Å²) in [5, 5.41) is 8.62. The standard InChI is InChI=1S/C16H20O2S/c17-16(18)9-8-13-6-3-7-15(10-13)12-19-11-14-4-1-2-5-14/h3,6-10,14H,1-2,4-5,11-12H2,(H,17,18)/b9-8+. The molecule has 3 heteroatoms. The summed E-state index contributed by atoms with van der Waals surface area (Å²) in [6.45, 7) is 0. The van der Waals surface area contributed by atoms with Crippen LogP contribution >= 0.6 is 11.8 Å². The van der Waals surface area contributed by atoms with E-state index in [0.717, 1.165) is 17.2 Å². The van der Waals surface area contributed by atoms with E-state index in [9.17, 15) is 4.79 Å². The summed E-state index contributed by atoms with van der Waals surface area (Å²) < 4.78 is 0. The molecule has 0 atom stereocenters. The largest absolute Gasteiger partial charge is 0.478 e. The number of rotatable bonds is 6. The van der Waals surface area contributed by atoms with Crippen molar-refractivity contribution < 1.29 is 9.90 Å². The maximum Gasteiger partial charge on any atom is 0.328 e. The summed E-state index contributed by atoms with van der Waals surface area (Å²) >= 11 is 2.00. The van der Waals surface area contributed by atoms with Gasteiger partial charge in [-0.25, -0.2) is 4.79 Å². The lowest BCUT2D eigenvalue weighted by Gasteiger charge is -2.08. The van der Waals surface area contributed by atoms with Crippen molar-refractivity contribution >= 4 is 23.8 Å². The van der Waals surface area contributed by atoms with Crippen LogP contribution in [0.15, 0.2) is 30.3 Å². The molecule has 2 rings (SSSR count). The van der Waals surface area contributed by atoms with E-state index < -0.39 is 5.97 Å². The Labute approximate surface area is 118 Å². The third-order valence-corrected chi connectivity index (χ3v) is 4.71. The molecule has 102 valence electrons. The summed E-state index contributed by atoms with van der Waals surface area (Å²) in [6, 6.07) is 8.11. The Balaban J connectivity index is 1.82. The van der Waals surface area contributed by atoms with Gasteiger partial charge in [0.1, 0.15) is 0 Å². The summed E-state index contributed by atoms with van der Waals surface area (Å²) in [5.74, 6) is 2.29. The van der Waals surface area contributed by atoms with E-state index in [0.29, 0.717) is 0 Å².